The quantitative estimate of drug-likeness (QED) is 0.348. The van der Waals surface area contributed by atoms with E-state index < -0.39 is 0 Å². The van der Waals surface area contributed by atoms with Crippen molar-refractivity contribution in [3.8, 4) is 5.75 Å². The molecule has 0 aliphatic heterocycles. The summed E-state index contributed by atoms with van der Waals surface area (Å²) in [6, 6.07) is 8.99. The van der Waals surface area contributed by atoms with Gasteiger partial charge in [0.15, 0.2) is 0 Å². The maximum atomic E-state index is 11.6. The lowest BCUT2D eigenvalue weighted by Gasteiger charge is -2.05. The van der Waals surface area contributed by atoms with Crippen molar-refractivity contribution in [3.05, 3.63) is 30.3 Å². The van der Waals surface area contributed by atoms with E-state index in [2.05, 4.69) is 6.92 Å². The predicted molar refractivity (Wildman–Crippen MR) is 85.6 cm³/mol. The van der Waals surface area contributed by atoms with E-state index in [0.29, 0.717) is 38.0 Å². The van der Waals surface area contributed by atoms with E-state index in [1.54, 1.807) is 12.1 Å². The Morgan fingerprint density at radius 3 is 2.23 bits per heavy atom. The molecular weight excluding hydrogens is 280 g/mol. The zero-order valence-corrected chi connectivity index (χ0v) is 13.4. The van der Waals surface area contributed by atoms with Crippen LogP contribution in [0.25, 0.3) is 0 Å². The zero-order valence-electron chi connectivity index (χ0n) is 13.4. The van der Waals surface area contributed by atoms with Crippen molar-refractivity contribution in [3.63, 3.8) is 0 Å². The van der Waals surface area contributed by atoms with Crippen molar-refractivity contribution >= 4 is 11.9 Å². The van der Waals surface area contributed by atoms with E-state index >= 15 is 0 Å². The number of carbonyl (C=O) groups excluding carboxylic acids is 2. The van der Waals surface area contributed by atoms with Gasteiger partial charge in [-0.2, -0.15) is 0 Å². The molecule has 0 fully saturated rings. The van der Waals surface area contributed by atoms with Crippen LogP contribution in [0.3, 0.4) is 0 Å². The van der Waals surface area contributed by atoms with Gasteiger partial charge in [-0.3, -0.25) is 9.59 Å². The standard InChI is InChI=1S/C18H26O4/c1-2-3-4-10-15-21-17(19)13-8-9-14-18(20)22-16-11-6-5-7-12-16/h5-7,11-12H,2-4,8-10,13-15H2,1H3. The fourth-order valence-electron chi connectivity index (χ4n) is 2.00. The maximum Gasteiger partial charge on any atom is 0.311 e. The summed E-state index contributed by atoms with van der Waals surface area (Å²) in [5, 5.41) is 0. The molecule has 0 amide bonds. The third kappa shape index (κ3) is 9.16. The molecule has 0 aliphatic rings. The number of rotatable bonds is 11. The highest BCUT2D eigenvalue weighted by molar-refractivity contribution is 5.72. The van der Waals surface area contributed by atoms with Gasteiger partial charge in [-0.1, -0.05) is 44.4 Å². The summed E-state index contributed by atoms with van der Waals surface area (Å²) < 4.78 is 10.3. The Morgan fingerprint density at radius 1 is 0.864 bits per heavy atom. The lowest BCUT2D eigenvalue weighted by atomic mass is 10.2. The third-order valence-electron chi connectivity index (χ3n) is 3.25. The van der Waals surface area contributed by atoms with Gasteiger partial charge in [0, 0.05) is 12.8 Å². The van der Waals surface area contributed by atoms with Gasteiger partial charge < -0.3 is 9.47 Å². The normalized spacial score (nSPS) is 10.2. The van der Waals surface area contributed by atoms with Crippen LogP contribution in [0.2, 0.25) is 0 Å². The SMILES string of the molecule is CCCCCCOC(=O)CCCCC(=O)Oc1ccccc1. The van der Waals surface area contributed by atoms with Crippen LogP contribution in [0.4, 0.5) is 0 Å². The predicted octanol–water partition coefficient (Wildman–Crippen LogP) is 4.28. The van der Waals surface area contributed by atoms with Crippen LogP contribution in [0, 0.1) is 0 Å². The Morgan fingerprint density at radius 2 is 1.55 bits per heavy atom. The Hall–Kier alpha value is -1.84. The van der Waals surface area contributed by atoms with Crippen molar-refractivity contribution in [2.75, 3.05) is 6.61 Å². The van der Waals surface area contributed by atoms with E-state index in [4.69, 9.17) is 9.47 Å². The van der Waals surface area contributed by atoms with Crippen LogP contribution in [-0.4, -0.2) is 18.5 Å². The minimum absolute atomic E-state index is 0.173. The molecule has 0 N–H and O–H groups in total. The minimum atomic E-state index is -0.265. The van der Waals surface area contributed by atoms with Gasteiger partial charge in [0.1, 0.15) is 5.75 Å². The topological polar surface area (TPSA) is 52.6 Å². The van der Waals surface area contributed by atoms with Crippen LogP contribution in [0.15, 0.2) is 30.3 Å². The highest BCUT2D eigenvalue weighted by atomic mass is 16.5. The van der Waals surface area contributed by atoms with Crippen LogP contribution in [0.1, 0.15) is 58.3 Å². The summed E-state index contributed by atoms with van der Waals surface area (Å²) in [4.78, 5) is 23.1. The second-order valence-electron chi connectivity index (χ2n) is 5.28. The molecule has 0 aromatic heterocycles. The van der Waals surface area contributed by atoms with Crippen LogP contribution in [-0.2, 0) is 14.3 Å². The molecule has 1 aromatic rings. The lowest BCUT2D eigenvalue weighted by Crippen LogP contribution is -2.09. The number of unbranched alkanes of at least 4 members (excludes halogenated alkanes) is 4. The first-order valence-electron chi connectivity index (χ1n) is 8.13. The fourth-order valence-corrected chi connectivity index (χ4v) is 2.00. The molecule has 1 rings (SSSR count). The first kappa shape index (κ1) is 18.2. The Bertz CT molecular complexity index is 428. The summed E-state index contributed by atoms with van der Waals surface area (Å²) in [5.41, 5.74) is 0. The zero-order chi connectivity index (χ0) is 16.0. The molecule has 4 nitrogen and oxygen atoms in total. The first-order chi connectivity index (χ1) is 10.7. The summed E-state index contributed by atoms with van der Waals surface area (Å²) in [5.74, 6) is 0.117. The Kier molecular flexibility index (Phi) is 9.75. The number of benzene rings is 1. The monoisotopic (exact) mass is 306 g/mol. The number of para-hydroxylation sites is 1. The summed E-state index contributed by atoms with van der Waals surface area (Å²) in [6.45, 7) is 2.66. The molecule has 0 spiro atoms. The number of carbonyl (C=O) groups is 2. The molecule has 0 bridgehead atoms. The minimum Gasteiger partial charge on any atom is -0.466 e. The van der Waals surface area contributed by atoms with Crippen molar-refractivity contribution < 1.29 is 19.1 Å². The van der Waals surface area contributed by atoms with Crippen molar-refractivity contribution in [1.29, 1.82) is 0 Å². The number of ether oxygens (including phenoxy) is 2. The van der Waals surface area contributed by atoms with Crippen LogP contribution >= 0.6 is 0 Å². The number of hydrogen-bond donors (Lipinski definition) is 0. The molecule has 0 saturated heterocycles. The molecule has 0 unspecified atom stereocenters. The maximum absolute atomic E-state index is 11.6. The van der Waals surface area contributed by atoms with Gasteiger partial charge >= 0.3 is 11.9 Å². The number of hydrogen-bond acceptors (Lipinski definition) is 4. The third-order valence-corrected chi connectivity index (χ3v) is 3.25. The molecule has 1 aromatic carbocycles. The van der Waals surface area contributed by atoms with Gasteiger partial charge in [0.25, 0.3) is 0 Å². The van der Waals surface area contributed by atoms with Crippen molar-refractivity contribution in [1.82, 2.24) is 0 Å². The van der Waals surface area contributed by atoms with Crippen LogP contribution < -0.4 is 4.74 Å². The van der Waals surface area contributed by atoms with E-state index in [9.17, 15) is 9.59 Å². The van der Waals surface area contributed by atoms with Gasteiger partial charge in [0.05, 0.1) is 6.61 Å². The summed E-state index contributed by atoms with van der Waals surface area (Å²) in [7, 11) is 0. The Labute approximate surface area is 132 Å². The molecule has 0 atom stereocenters. The molecular formula is C18H26O4. The highest BCUT2D eigenvalue weighted by Gasteiger charge is 2.07. The van der Waals surface area contributed by atoms with Crippen LogP contribution in [0.5, 0.6) is 5.75 Å². The van der Waals surface area contributed by atoms with E-state index in [1.165, 1.54) is 12.8 Å². The summed E-state index contributed by atoms with van der Waals surface area (Å²) in [6.07, 6.45) is 6.37. The second kappa shape index (κ2) is 11.8. The molecule has 0 aliphatic carbocycles. The average Bonchev–Trinajstić information content (AvgIpc) is 2.52. The molecule has 0 radical (unpaired) electrons. The van der Waals surface area contributed by atoms with Crippen molar-refractivity contribution in [2.24, 2.45) is 0 Å². The fraction of sp³-hybridized carbons (Fsp3) is 0.556. The first-order valence-corrected chi connectivity index (χ1v) is 8.13. The largest absolute Gasteiger partial charge is 0.466 e. The van der Waals surface area contributed by atoms with E-state index in [0.717, 1.165) is 12.8 Å². The molecule has 0 saturated carbocycles. The van der Waals surface area contributed by atoms with Gasteiger partial charge in [-0.05, 0) is 31.4 Å². The van der Waals surface area contributed by atoms with Gasteiger partial charge in [-0.25, -0.2) is 0 Å². The molecule has 0 heterocycles. The number of esters is 2. The molecule has 4 heteroatoms. The van der Waals surface area contributed by atoms with E-state index in [-0.39, 0.29) is 11.9 Å². The Balaban J connectivity index is 2.00. The highest BCUT2D eigenvalue weighted by Crippen LogP contribution is 2.11. The van der Waals surface area contributed by atoms with E-state index in [1.807, 2.05) is 18.2 Å². The summed E-state index contributed by atoms with van der Waals surface area (Å²) >= 11 is 0. The smallest absolute Gasteiger partial charge is 0.311 e. The molecule has 122 valence electrons. The lowest BCUT2D eigenvalue weighted by molar-refractivity contribution is -0.144. The van der Waals surface area contributed by atoms with Gasteiger partial charge in [0.2, 0.25) is 0 Å². The second-order valence-corrected chi connectivity index (χ2v) is 5.28. The average molecular weight is 306 g/mol. The molecule has 22 heavy (non-hydrogen) atoms. The van der Waals surface area contributed by atoms with Crippen molar-refractivity contribution in [2.45, 2.75) is 58.3 Å². The van der Waals surface area contributed by atoms with Gasteiger partial charge in [-0.15, -0.1) is 0 Å².